The van der Waals surface area contributed by atoms with Crippen molar-refractivity contribution in [1.29, 1.82) is 0 Å². The number of aromatic hydroxyl groups is 1. The van der Waals surface area contributed by atoms with E-state index < -0.39 is 17.6 Å². The molecule has 0 bridgehead atoms. The highest BCUT2D eigenvalue weighted by Crippen LogP contribution is 2.09. The van der Waals surface area contributed by atoms with Crippen LogP contribution in [0.2, 0.25) is 0 Å². The van der Waals surface area contributed by atoms with Crippen LogP contribution in [0.4, 0.5) is 4.39 Å². The summed E-state index contributed by atoms with van der Waals surface area (Å²) in [6.07, 6.45) is 0. The average Bonchev–Trinajstić information content (AvgIpc) is 2.46. The Bertz CT molecular complexity index is 566. The van der Waals surface area contributed by atoms with Crippen LogP contribution in [-0.2, 0) is 0 Å². The molecule has 20 heavy (non-hydrogen) atoms. The number of rotatable bonds is 2. The second-order valence-electron chi connectivity index (χ2n) is 3.96. The van der Waals surface area contributed by atoms with E-state index in [-0.39, 0.29) is 16.9 Å². The van der Waals surface area contributed by atoms with E-state index in [1.54, 1.807) is 0 Å². The molecule has 0 fully saturated rings. The Morgan fingerprint density at radius 3 is 1.65 bits per heavy atom. The van der Waals surface area contributed by atoms with E-state index in [1.165, 1.54) is 36.4 Å². The highest BCUT2D eigenvalue weighted by atomic mass is 19.1. The first-order valence-corrected chi connectivity index (χ1v) is 5.71. The van der Waals surface area contributed by atoms with E-state index in [0.717, 1.165) is 12.1 Å². The van der Waals surface area contributed by atoms with Crippen molar-refractivity contribution >= 4 is 11.8 Å². The van der Waals surface area contributed by atoms with Crippen molar-refractivity contribution in [3.8, 4) is 5.75 Å². The van der Waals surface area contributed by atoms with Crippen LogP contribution in [0.15, 0.2) is 48.5 Å². The third-order valence-corrected chi connectivity index (χ3v) is 2.53. The summed E-state index contributed by atoms with van der Waals surface area (Å²) in [6, 6.07) is 10.4. The van der Waals surface area contributed by atoms with Crippen LogP contribution >= 0.6 is 0 Å². The zero-order chi connectivity index (χ0) is 14.5. The first-order chi connectivity index (χ1) is 9.56. The van der Waals surface area contributed by atoms with Gasteiger partial charge in [-0.05, 0) is 48.5 Å². The molecule has 2 rings (SSSR count). The lowest BCUT2D eigenvalue weighted by molar-refractivity contribution is 0.0846. The number of phenols is 1. The second-order valence-corrected chi connectivity index (χ2v) is 3.96. The van der Waals surface area contributed by atoms with Gasteiger partial charge in [-0.25, -0.2) is 4.39 Å². The molecule has 0 radical (unpaired) electrons. The molecule has 0 heterocycles. The third-order valence-electron chi connectivity index (χ3n) is 2.53. The van der Waals surface area contributed by atoms with E-state index >= 15 is 0 Å². The highest BCUT2D eigenvalue weighted by molar-refractivity contribution is 5.99. The largest absolute Gasteiger partial charge is 0.508 e. The van der Waals surface area contributed by atoms with Crippen LogP contribution in [-0.4, -0.2) is 16.9 Å². The first-order valence-electron chi connectivity index (χ1n) is 5.71. The maximum atomic E-state index is 12.7. The van der Waals surface area contributed by atoms with Gasteiger partial charge in [-0.2, -0.15) is 0 Å². The Kier molecular flexibility index (Phi) is 3.95. The smallest absolute Gasteiger partial charge is 0.269 e. The van der Waals surface area contributed by atoms with E-state index in [4.69, 9.17) is 5.11 Å². The van der Waals surface area contributed by atoms with Crippen molar-refractivity contribution in [3.05, 3.63) is 65.5 Å². The van der Waals surface area contributed by atoms with Crippen molar-refractivity contribution in [2.75, 3.05) is 0 Å². The van der Waals surface area contributed by atoms with E-state index in [2.05, 4.69) is 10.9 Å². The fraction of sp³-hybridized carbons (Fsp3) is 0. The Hall–Kier alpha value is -2.89. The number of hydrogen-bond donors (Lipinski definition) is 3. The number of hydrogen-bond acceptors (Lipinski definition) is 3. The van der Waals surface area contributed by atoms with Crippen LogP contribution in [0.1, 0.15) is 20.7 Å². The van der Waals surface area contributed by atoms with E-state index in [1.807, 2.05) is 0 Å². The summed E-state index contributed by atoms with van der Waals surface area (Å²) in [4.78, 5) is 23.3. The summed E-state index contributed by atoms with van der Waals surface area (Å²) < 4.78 is 12.7. The normalized spacial score (nSPS) is 9.85. The molecule has 0 saturated heterocycles. The van der Waals surface area contributed by atoms with Crippen molar-refractivity contribution in [2.24, 2.45) is 0 Å². The SMILES string of the molecule is O=C(NNC(=O)c1ccc(F)cc1)c1ccc(O)cc1. The lowest BCUT2D eigenvalue weighted by Gasteiger charge is -2.07. The van der Waals surface area contributed by atoms with Crippen LogP contribution in [0.3, 0.4) is 0 Å². The predicted molar refractivity (Wildman–Crippen MR) is 69.4 cm³/mol. The summed E-state index contributed by atoms with van der Waals surface area (Å²) in [5.41, 5.74) is 4.92. The number of phenolic OH excluding ortho intramolecular Hbond substituents is 1. The van der Waals surface area contributed by atoms with E-state index in [9.17, 15) is 14.0 Å². The third kappa shape index (κ3) is 3.32. The van der Waals surface area contributed by atoms with Crippen LogP contribution in [0.25, 0.3) is 0 Å². The number of amides is 2. The van der Waals surface area contributed by atoms with Gasteiger partial charge in [0.1, 0.15) is 11.6 Å². The number of carbonyl (C=O) groups excluding carboxylic acids is 2. The summed E-state index contributed by atoms with van der Waals surface area (Å²) in [6.45, 7) is 0. The molecule has 3 N–H and O–H groups in total. The molecule has 0 aliphatic rings. The fourth-order valence-electron chi connectivity index (χ4n) is 1.47. The molecule has 0 atom stereocenters. The average molecular weight is 274 g/mol. The molecule has 0 aliphatic heterocycles. The Morgan fingerprint density at radius 2 is 1.20 bits per heavy atom. The minimum absolute atomic E-state index is 0.0388. The Morgan fingerprint density at radius 1 is 0.800 bits per heavy atom. The minimum atomic E-state index is -0.558. The Balaban J connectivity index is 1.94. The zero-order valence-electron chi connectivity index (χ0n) is 10.3. The van der Waals surface area contributed by atoms with Crippen molar-refractivity contribution in [2.45, 2.75) is 0 Å². The quantitative estimate of drug-likeness (QED) is 0.728. The summed E-state index contributed by atoms with van der Waals surface area (Å²) in [7, 11) is 0. The van der Waals surface area contributed by atoms with Crippen molar-refractivity contribution in [1.82, 2.24) is 10.9 Å². The molecule has 0 aromatic heterocycles. The molecular weight excluding hydrogens is 263 g/mol. The maximum Gasteiger partial charge on any atom is 0.269 e. The summed E-state index contributed by atoms with van der Waals surface area (Å²) in [5, 5.41) is 9.10. The summed E-state index contributed by atoms with van der Waals surface area (Å²) in [5.74, 6) is -1.50. The number of hydrazine groups is 1. The van der Waals surface area contributed by atoms with Crippen molar-refractivity contribution < 1.29 is 19.1 Å². The number of benzene rings is 2. The fourth-order valence-corrected chi connectivity index (χ4v) is 1.47. The van der Waals surface area contributed by atoms with Gasteiger partial charge in [0.05, 0.1) is 0 Å². The van der Waals surface area contributed by atoms with Gasteiger partial charge in [0.15, 0.2) is 0 Å². The van der Waals surface area contributed by atoms with Gasteiger partial charge in [0.2, 0.25) is 0 Å². The van der Waals surface area contributed by atoms with Crippen molar-refractivity contribution in [3.63, 3.8) is 0 Å². The van der Waals surface area contributed by atoms with Crippen LogP contribution in [0.5, 0.6) is 5.75 Å². The molecule has 0 spiro atoms. The number of nitrogens with one attached hydrogen (secondary N) is 2. The van der Waals surface area contributed by atoms with Gasteiger partial charge in [0, 0.05) is 11.1 Å². The van der Waals surface area contributed by atoms with E-state index in [0.29, 0.717) is 0 Å². The van der Waals surface area contributed by atoms with Gasteiger partial charge in [-0.1, -0.05) is 0 Å². The van der Waals surface area contributed by atoms with Gasteiger partial charge in [-0.3, -0.25) is 20.4 Å². The molecule has 0 saturated carbocycles. The summed E-state index contributed by atoms with van der Waals surface area (Å²) >= 11 is 0. The predicted octanol–water partition coefficient (Wildman–Crippen LogP) is 1.61. The molecule has 6 heteroatoms. The van der Waals surface area contributed by atoms with Gasteiger partial charge in [0.25, 0.3) is 11.8 Å². The molecule has 0 aliphatic carbocycles. The molecule has 2 amide bonds. The van der Waals surface area contributed by atoms with Gasteiger partial charge in [-0.15, -0.1) is 0 Å². The first kappa shape index (κ1) is 13.5. The van der Waals surface area contributed by atoms with Crippen LogP contribution < -0.4 is 10.9 Å². The molecule has 2 aromatic carbocycles. The molecule has 0 unspecified atom stereocenters. The monoisotopic (exact) mass is 274 g/mol. The highest BCUT2D eigenvalue weighted by Gasteiger charge is 2.09. The zero-order valence-corrected chi connectivity index (χ0v) is 10.3. The molecule has 102 valence electrons. The standard InChI is InChI=1S/C14H11FN2O3/c15-11-5-1-9(2-6-11)13(19)16-17-14(20)10-3-7-12(18)8-4-10/h1-8,18H,(H,16,19)(H,17,20). The van der Waals surface area contributed by atoms with Gasteiger partial charge >= 0.3 is 0 Å². The number of halogens is 1. The molecule has 2 aromatic rings. The van der Waals surface area contributed by atoms with Crippen LogP contribution in [0, 0.1) is 5.82 Å². The maximum absolute atomic E-state index is 12.7. The minimum Gasteiger partial charge on any atom is -0.508 e. The Labute approximate surface area is 114 Å². The molecule has 5 nitrogen and oxygen atoms in total. The lowest BCUT2D eigenvalue weighted by Crippen LogP contribution is -2.41. The van der Waals surface area contributed by atoms with Gasteiger partial charge < -0.3 is 5.11 Å². The second kappa shape index (κ2) is 5.83. The lowest BCUT2D eigenvalue weighted by atomic mass is 10.2. The molecular formula is C14H11FN2O3. The number of carbonyl (C=O) groups is 2. The topological polar surface area (TPSA) is 78.4 Å².